The number of rotatable bonds is 4. The first-order valence-electron chi connectivity index (χ1n) is 8.55. The number of hydrogen-bond donors (Lipinski definition) is 0. The Kier molecular flexibility index (Phi) is 3.10. The molecule has 22 heavy (non-hydrogen) atoms. The molecule has 0 aromatic carbocycles. The van der Waals surface area contributed by atoms with E-state index in [1.165, 1.54) is 6.42 Å². The topological polar surface area (TPSA) is 54.0 Å². The van der Waals surface area contributed by atoms with Crippen LogP contribution in [-0.2, 0) is 23.7 Å². The second-order valence-corrected chi connectivity index (χ2v) is 7.27. The van der Waals surface area contributed by atoms with E-state index in [4.69, 9.17) is 18.9 Å². The van der Waals surface area contributed by atoms with Gasteiger partial charge in [0.2, 0.25) is 0 Å². The second-order valence-electron chi connectivity index (χ2n) is 7.27. The molecule has 8 unspecified atom stereocenters. The summed E-state index contributed by atoms with van der Waals surface area (Å²) in [5.41, 5.74) is 0. The lowest BCUT2D eigenvalue weighted by Gasteiger charge is -2.32. The average Bonchev–Trinajstić information content (AvgIpc) is 3.28. The van der Waals surface area contributed by atoms with Gasteiger partial charge >= 0.3 is 5.97 Å². The first kappa shape index (κ1) is 13.5. The fourth-order valence-corrected chi connectivity index (χ4v) is 5.41. The molecular weight excluding hydrogens is 284 g/mol. The monoisotopic (exact) mass is 306 g/mol. The molecular formula is C17H22O5. The molecule has 5 nitrogen and oxygen atoms in total. The van der Waals surface area contributed by atoms with Crippen LogP contribution in [0.15, 0.2) is 12.2 Å². The predicted octanol–water partition coefficient (Wildman–Crippen LogP) is 1.87. The van der Waals surface area contributed by atoms with Gasteiger partial charge in [0.15, 0.2) is 13.1 Å². The van der Waals surface area contributed by atoms with Gasteiger partial charge in [-0.25, -0.2) is 0 Å². The van der Waals surface area contributed by atoms with Crippen LogP contribution in [0, 0.1) is 29.6 Å². The maximum atomic E-state index is 12.4. The minimum Gasteiger partial charge on any atom is -0.438 e. The molecule has 3 saturated heterocycles. The zero-order valence-corrected chi connectivity index (χ0v) is 12.6. The Labute approximate surface area is 129 Å². The minimum absolute atomic E-state index is 0.00254. The molecule has 0 aromatic heterocycles. The number of carbonyl (C=O) groups is 1. The van der Waals surface area contributed by atoms with E-state index in [1.54, 1.807) is 0 Å². The average molecular weight is 306 g/mol. The third-order valence-electron chi connectivity index (χ3n) is 6.25. The van der Waals surface area contributed by atoms with Crippen LogP contribution >= 0.6 is 0 Å². The molecule has 5 aliphatic rings. The third-order valence-corrected chi connectivity index (χ3v) is 6.25. The minimum atomic E-state index is -0.204. The van der Waals surface area contributed by atoms with Gasteiger partial charge in [0.05, 0.1) is 18.1 Å². The van der Waals surface area contributed by atoms with Crippen LogP contribution in [0.3, 0.4) is 0 Å². The molecule has 4 bridgehead atoms. The normalized spacial score (nSPS) is 50.7. The molecule has 1 saturated carbocycles. The molecule has 0 spiro atoms. The molecule has 120 valence electrons. The maximum absolute atomic E-state index is 12.4. The van der Waals surface area contributed by atoms with Crippen molar-refractivity contribution in [1.29, 1.82) is 0 Å². The van der Waals surface area contributed by atoms with Gasteiger partial charge < -0.3 is 18.9 Å². The summed E-state index contributed by atoms with van der Waals surface area (Å²) >= 11 is 0. The molecule has 4 fully saturated rings. The van der Waals surface area contributed by atoms with E-state index in [1.807, 2.05) is 0 Å². The molecule has 5 rings (SSSR count). The van der Waals surface area contributed by atoms with Gasteiger partial charge in [-0.3, -0.25) is 4.79 Å². The molecule has 0 aromatic rings. The summed E-state index contributed by atoms with van der Waals surface area (Å²) in [6, 6.07) is 0. The summed E-state index contributed by atoms with van der Waals surface area (Å²) in [6.07, 6.45) is 8.78. The molecule has 3 heterocycles. The van der Waals surface area contributed by atoms with Crippen LogP contribution in [-0.4, -0.2) is 37.9 Å². The van der Waals surface area contributed by atoms with E-state index in [0.29, 0.717) is 23.7 Å². The van der Waals surface area contributed by atoms with Crippen molar-refractivity contribution in [2.45, 2.75) is 44.2 Å². The standard InChI is InChI=1S/C17H22O5/c18-17(21-8-20-13-2-1-5-19-13)11-7-12-14-9-3-4-10(6-9)15(14)16(11)22-12/h3-4,9-16H,1-2,5-8H2. The van der Waals surface area contributed by atoms with Gasteiger partial charge in [-0.05, 0) is 42.9 Å². The van der Waals surface area contributed by atoms with Crippen molar-refractivity contribution in [2.24, 2.45) is 29.6 Å². The zero-order valence-electron chi connectivity index (χ0n) is 12.6. The smallest absolute Gasteiger partial charge is 0.313 e. The van der Waals surface area contributed by atoms with Crippen molar-refractivity contribution in [3.8, 4) is 0 Å². The summed E-state index contributed by atoms with van der Waals surface area (Å²) in [4.78, 5) is 12.4. The van der Waals surface area contributed by atoms with E-state index >= 15 is 0 Å². The number of ether oxygens (including phenoxy) is 4. The van der Waals surface area contributed by atoms with E-state index in [2.05, 4.69) is 12.2 Å². The Morgan fingerprint density at radius 1 is 1.18 bits per heavy atom. The largest absolute Gasteiger partial charge is 0.438 e. The number of hydrogen-bond acceptors (Lipinski definition) is 5. The summed E-state index contributed by atoms with van der Waals surface area (Å²) < 4.78 is 22.2. The number of allylic oxidation sites excluding steroid dienone is 2. The van der Waals surface area contributed by atoms with Crippen molar-refractivity contribution < 1.29 is 23.7 Å². The number of fused-ring (bicyclic) bond motifs is 9. The maximum Gasteiger partial charge on any atom is 0.313 e. The van der Waals surface area contributed by atoms with Crippen molar-refractivity contribution in [3.63, 3.8) is 0 Å². The third kappa shape index (κ3) is 1.92. The summed E-state index contributed by atoms with van der Waals surface area (Å²) in [5.74, 6) is 2.22. The highest BCUT2D eigenvalue weighted by Gasteiger charge is 2.64. The highest BCUT2D eigenvalue weighted by molar-refractivity contribution is 5.74. The van der Waals surface area contributed by atoms with Crippen LogP contribution in [0.2, 0.25) is 0 Å². The van der Waals surface area contributed by atoms with Gasteiger partial charge in [-0.2, -0.15) is 0 Å². The predicted molar refractivity (Wildman–Crippen MR) is 75.5 cm³/mol. The molecule has 0 N–H and O–H groups in total. The molecule has 0 amide bonds. The van der Waals surface area contributed by atoms with Crippen molar-refractivity contribution in [1.82, 2.24) is 0 Å². The SMILES string of the molecule is O=C(OCOC1CCCO1)C1CC2OC1C1C3C=CC(C3)C21. The quantitative estimate of drug-likeness (QED) is 0.451. The fourth-order valence-electron chi connectivity index (χ4n) is 5.41. The summed E-state index contributed by atoms with van der Waals surface area (Å²) in [6.45, 7) is 0.732. The van der Waals surface area contributed by atoms with Crippen molar-refractivity contribution in [2.75, 3.05) is 13.4 Å². The van der Waals surface area contributed by atoms with Crippen LogP contribution in [0.1, 0.15) is 25.7 Å². The Balaban J connectivity index is 1.19. The lowest BCUT2D eigenvalue weighted by Crippen LogP contribution is -2.39. The lowest BCUT2D eigenvalue weighted by molar-refractivity contribution is -0.191. The van der Waals surface area contributed by atoms with E-state index in [9.17, 15) is 4.79 Å². The van der Waals surface area contributed by atoms with E-state index in [0.717, 1.165) is 25.9 Å². The van der Waals surface area contributed by atoms with Gasteiger partial charge in [-0.15, -0.1) is 0 Å². The Hall–Kier alpha value is -0.910. The van der Waals surface area contributed by atoms with Gasteiger partial charge in [-0.1, -0.05) is 12.2 Å². The van der Waals surface area contributed by atoms with Crippen LogP contribution in [0.4, 0.5) is 0 Å². The second kappa shape index (κ2) is 5.05. The molecule has 3 aliphatic heterocycles. The number of esters is 1. The van der Waals surface area contributed by atoms with Crippen LogP contribution in [0.5, 0.6) is 0 Å². The highest BCUT2D eigenvalue weighted by Crippen LogP contribution is 2.61. The van der Waals surface area contributed by atoms with Crippen molar-refractivity contribution in [3.05, 3.63) is 12.2 Å². The van der Waals surface area contributed by atoms with Crippen LogP contribution < -0.4 is 0 Å². The van der Waals surface area contributed by atoms with Crippen LogP contribution in [0.25, 0.3) is 0 Å². The van der Waals surface area contributed by atoms with Gasteiger partial charge in [0.25, 0.3) is 0 Å². The van der Waals surface area contributed by atoms with E-state index in [-0.39, 0.29) is 37.2 Å². The van der Waals surface area contributed by atoms with E-state index < -0.39 is 0 Å². The first-order chi connectivity index (χ1) is 10.8. The Morgan fingerprint density at radius 2 is 2.05 bits per heavy atom. The highest BCUT2D eigenvalue weighted by atomic mass is 16.8. The Bertz CT molecular complexity index is 497. The zero-order chi connectivity index (χ0) is 14.7. The first-order valence-corrected chi connectivity index (χ1v) is 8.55. The lowest BCUT2D eigenvalue weighted by atomic mass is 9.69. The fraction of sp³-hybridized carbons (Fsp3) is 0.824. The number of carbonyl (C=O) groups excluding carboxylic acids is 1. The summed E-state index contributed by atoms with van der Waals surface area (Å²) in [5, 5.41) is 0. The summed E-state index contributed by atoms with van der Waals surface area (Å²) in [7, 11) is 0. The van der Waals surface area contributed by atoms with Crippen molar-refractivity contribution >= 4 is 5.97 Å². The van der Waals surface area contributed by atoms with Gasteiger partial charge in [0.1, 0.15) is 0 Å². The molecule has 0 radical (unpaired) electrons. The molecule has 2 aliphatic carbocycles. The Morgan fingerprint density at radius 3 is 2.86 bits per heavy atom. The molecule has 8 atom stereocenters. The molecule has 5 heteroatoms. The van der Waals surface area contributed by atoms with Gasteiger partial charge in [0, 0.05) is 13.0 Å².